The van der Waals surface area contributed by atoms with Crippen LogP contribution in [0.4, 0.5) is 0 Å². The third kappa shape index (κ3) is 2.06. The van der Waals surface area contributed by atoms with Crippen molar-refractivity contribution in [3.8, 4) is 12.3 Å². The van der Waals surface area contributed by atoms with Crippen LogP contribution in [0.25, 0.3) is 0 Å². The Hall–Kier alpha value is -0.680. The number of thioether (sulfide) groups is 1. The average Bonchev–Trinajstić information content (AvgIpc) is 2.87. The molecular weight excluding hydrogens is 312 g/mol. The fourth-order valence-electron chi connectivity index (χ4n) is 7.22. The molecule has 4 aliphatic carbocycles. The second-order valence-electron chi connectivity index (χ2n) is 9.03. The molecule has 0 heterocycles. The van der Waals surface area contributed by atoms with Gasteiger partial charge in [0.2, 0.25) is 0 Å². The highest BCUT2D eigenvalue weighted by Crippen LogP contribution is 2.68. The summed E-state index contributed by atoms with van der Waals surface area (Å²) in [6.45, 7) is 4.94. The number of carbonyl (C=O) groups is 1. The lowest BCUT2D eigenvalue weighted by atomic mass is 9.49. The van der Waals surface area contributed by atoms with E-state index in [9.17, 15) is 4.79 Å². The normalized spacial score (nSPS) is 50.3. The quantitative estimate of drug-likeness (QED) is 0.616. The van der Waals surface area contributed by atoms with Crippen molar-refractivity contribution in [2.45, 2.75) is 63.5 Å². The van der Waals surface area contributed by atoms with Crippen molar-refractivity contribution in [2.24, 2.45) is 35.0 Å². The zero-order chi connectivity index (χ0) is 17.1. The number of ketones is 1. The zero-order valence-electron chi connectivity index (χ0n) is 15.3. The van der Waals surface area contributed by atoms with Crippen LogP contribution in [0, 0.1) is 47.3 Å². The van der Waals surface area contributed by atoms with Gasteiger partial charge in [-0.05, 0) is 85.9 Å². The number of terminal acetylenes is 1. The SMILES string of the molecule is C#C[C@@]1(SC)CCC2C3C(C)CC4=CC(=O)CCC4C3CC[C@@]21C. The van der Waals surface area contributed by atoms with Crippen LogP contribution in [0.1, 0.15) is 58.8 Å². The van der Waals surface area contributed by atoms with Gasteiger partial charge in [-0.3, -0.25) is 4.79 Å². The molecule has 2 heteroatoms. The summed E-state index contributed by atoms with van der Waals surface area (Å²) in [7, 11) is 0. The molecule has 3 saturated carbocycles. The molecule has 0 aliphatic heterocycles. The average molecular weight is 343 g/mol. The molecule has 0 amide bonds. The van der Waals surface area contributed by atoms with E-state index in [1.165, 1.54) is 31.3 Å². The van der Waals surface area contributed by atoms with E-state index in [1.54, 1.807) is 0 Å². The van der Waals surface area contributed by atoms with Gasteiger partial charge >= 0.3 is 0 Å². The molecule has 4 rings (SSSR count). The highest BCUT2D eigenvalue weighted by atomic mass is 32.2. The van der Waals surface area contributed by atoms with Crippen molar-refractivity contribution >= 4 is 17.5 Å². The van der Waals surface area contributed by atoms with Gasteiger partial charge in [0, 0.05) is 6.42 Å². The summed E-state index contributed by atoms with van der Waals surface area (Å²) < 4.78 is 0.0427. The van der Waals surface area contributed by atoms with Crippen LogP contribution < -0.4 is 0 Å². The van der Waals surface area contributed by atoms with Crippen molar-refractivity contribution in [2.75, 3.05) is 6.26 Å². The van der Waals surface area contributed by atoms with Crippen LogP contribution in [0.5, 0.6) is 0 Å². The maximum Gasteiger partial charge on any atom is 0.155 e. The molecule has 7 atom stereocenters. The van der Waals surface area contributed by atoms with Crippen molar-refractivity contribution < 1.29 is 4.79 Å². The van der Waals surface area contributed by atoms with E-state index >= 15 is 0 Å². The fraction of sp³-hybridized carbons (Fsp3) is 0.773. The largest absolute Gasteiger partial charge is 0.295 e. The van der Waals surface area contributed by atoms with Crippen LogP contribution in [-0.2, 0) is 4.79 Å². The zero-order valence-corrected chi connectivity index (χ0v) is 16.1. The monoisotopic (exact) mass is 342 g/mol. The summed E-state index contributed by atoms with van der Waals surface area (Å²) in [5.41, 5.74) is 1.78. The predicted molar refractivity (Wildman–Crippen MR) is 102 cm³/mol. The highest BCUT2D eigenvalue weighted by Gasteiger charge is 2.63. The number of carbonyl (C=O) groups excluding carboxylic acids is 1. The maximum absolute atomic E-state index is 11.9. The van der Waals surface area contributed by atoms with E-state index in [-0.39, 0.29) is 4.75 Å². The molecule has 0 bridgehead atoms. The van der Waals surface area contributed by atoms with Gasteiger partial charge in [0.05, 0.1) is 4.75 Å². The number of fused-ring (bicyclic) bond motifs is 5. The van der Waals surface area contributed by atoms with Crippen molar-refractivity contribution in [1.82, 2.24) is 0 Å². The third-order valence-electron chi connectivity index (χ3n) is 8.34. The standard InChI is InChI=1S/C22H30OS/c1-5-22(24-4)11-9-19-20-14(2)12-15-13-16(23)6-7-17(15)18(20)8-10-21(19,22)3/h1,13-14,17-20H,6-12H2,2-4H3/t14?,17?,18?,19?,20?,21-,22+/m0/s1. The second-order valence-corrected chi connectivity index (χ2v) is 10.1. The Morgan fingerprint density at radius 3 is 2.79 bits per heavy atom. The number of hydrogen-bond donors (Lipinski definition) is 0. The Morgan fingerprint density at radius 1 is 1.29 bits per heavy atom. The lowest BCUT2D eigenvalue weighted by Crippen LogP contribution is -2.52. The first-order valence-electron chi connectivity index (χ1n) is 9.72. The fourth-order valence-corrected chi connectivity index (χ4v) is 8.38. The van der Waals surface area contributed by atoms with E-state index < -0.39 is 0 Å². The molecule has 0 radical (unpaired) electrons. The molecular formula is C22H30OS. The number of hydrogen-bond acceptors (Lipinski definition) is 2. The Balaban J connectivity index is 1.70. The smallest absolute Gasteiger partial charge is 0.155 e. The topological polar surface area (TPSA) is 17.1 Å². The van der Waals surface area contributed by atoms with Gasteiger partial charge in [0.15, 0.2) is 5.78 Å². The first-order chi connectivity index (χ1) is 11.5. The highest BCUT2D eigenvalue weighted by molar-refractivity contribution is 8.00. The summed E-state index contributed by atoms with van der Waals surface area (Å²) in [6.07, 6.45) is 18.4. The molecule has 0 N–H and O–H groups in total. The molecule has 0 spiro atoms. The summed E-state index contributed by atoms with van der Waals surface area (Å²) in [6, 6.07) is 0. The third-order valence-corrected chi connectivity index (χ3v) is 9.83. The minimum absolute atomic E-state index is 0.0427. The number of rotatable bonds is 1. The van der Waals surface area contributed by atoms with Crippen LogP contribution in [-0.4, -0.2) is 16.8 Å². The molecule has 3 fully saturated rings. The minimum Gasteiger partial charge on any atom is -0.295 e. The summed E-state index contributed by atoms with van der Waals surface area (Å²) in [5.74, 6) is 7.36. The first kappa shape index (κ1) is 16.8. The van der Waals surface area contributed by atoms with Crippen LogP contribution in [0.3, 0.4) is 0 Å². The van der Waals surface area contributed by atoms with Crippen molar-refractivity contribution in [1.29, 1.82) is 0 Å². The van der Waals surface area contributed by atoms with Crippen LogP contribution in [0.2, 0.25) is 0 Å². The van der Waals surface area contributed by atoms with E-state index in [1.807, 2.05) is 17.8 Å². The Kier molecular flexibility index (Phi) is 3.96. The lowest BCUT2D eigenvalue weighted by Gasteiger charge is -2.57. The molecule has 24 heavy (non-hydrogen) atoms. The molecule has 4 aliphatic rings. The van der Waals surface area contributed by atoms with Crippen molar-refractivity contribution in [3.05, 3.63) is 11.6 Å². The summed E-state index contributed by atoms with van der Waals surface area (Å²) in [5, 5.41) is 0. The van der Waals surface area contributed by atoms with E-state index in [0.717, 1.165) is 37.0 Å². The van der Waals surface area contributed by atoms with Gasteiger partial charge in [-0.1, -0.05) is 25.3 Å². The van der Waals surface area contributed by atoms with Gasteiger partial charge in [0.25, 0.3) is 0 Å². The minimum atomic E-state index is 0.0427. The molecule has 1 nitrogen and oxygen atoms in total. The summed E-state index contributed by atoms with van der Waals surface area (Å²) >= 11 is 1.94. The van der Waals surface area contributed by atoms with Gasteiger partial charge in [-0.25, -0.2) is 0 Å². The second kappa shape index (κ2) is 5.66. The molecule has 0 aromatic rings. The molecule has 0 aromatic carbocycles. The maximum atomic E-state index is 11.9. The molecule has 130 valence electrons. The van der Waals surface area contributed by atoms with Crippen LogP contribution in [0.15, 0.2) is 11.6 Å². The Bertz CT molecular complexity index is 628. The number of allylic oxidation sites excluding steroid dienone is 1. The van der Waals surface area contributed by atoms with Gasteiger partial charge in [0.1, 0.15) is 0 Å². The van der Waals surface area contributed by atoms with E-state index in [0.29, 0.717) is 23.0 Å². The molecule has 5 unspecified atom stereocenters. The van der Waals surface area contributed by atoms with Gasteiger partial charge in [-0.2, -0.15) is 0 Å². The summed E-state index contributed by atoms with van der Waals surface area (Å²) in [4.78, 5) is 11.9. The molecule has 0 aromatic heterocycles. The van der Waals surface area contributed by atoms with E-state index in [4.69, 9.17) is 6.42 Å². The predicted octanol–water partition coefficient (Wildman–Crippen LogP) is 5.11. The van der Waals surface area contributed by atoms with Crippen molar-refractivity contribution in [3.63, 3.8) is 0 Å². The molecule has 0 saturated heterocycles. The van der Waals surface area contributed by atoms with Crippen LogP contribution >= 0.6 is 11.8 Å². The van der Waals surface area contributed by atoms with Gasteiger partial charge < -0.3 is 0 Å². The first-order valence-corrected chi connectivity index (χ1v) is 10.9. The Morgan fingerprint density at radius 2 is 2.08 bits per heavy atom. The Labute approximate surface area is 151 Å². The van der Waals surface area contributed by atoms with E-state index in [2.05, 4.69) is 26.0 Å². The van der Waals surface area contributed by atoms with Gasteiger partial charge in [-0.15, -0.1) is 18.2 Å². The lowest BCUT2D eigenvalue weighted by molar-refractivity contribution is -0.116.